The Morgan fingerprint density at radius 2 is 2.38 bits per heavy atom. The molecule has 13 heavy (non-hydrogen) atoms. The van der Waals surface area contributed by atoms with E-state index < -0.39 is 0 Å². The Morgan fingerprint density at radius 3 is 3.15 bits per heavy atom. The van der Waals surface area contributed by atoms with Crippen molar-refractivity contribution in [2.45, 2.75) is 12.3 Å². The lowest BCUT2D eigenvalue weighted by atomic mass is 9.94. The number of fused-ring (bicyclic) bond motifs is 1. The van der Waals surface area contributed by atoms with Crippen LogP contribution >= 0.6 is 0 Å². The van der Waals surface area contributed by atoms with E-state index in [1.165, 1.54) is 0 Å². The first-order valence-corrected chi connectivity index (χ1v) is 4.44. The van der Waals surface area contributed by atoms with E-state index in [1.807, 2.05) is 18.2 Å². The topological polar surface area (TPSA) is 55.5 Å². The summed E-state index contributed by atoms with van der Waals surface area (Å²) in [6.07, 6.45) is 0.868. The number of ether oxygens (including phenoxy) is 1. The van der Waals surface area contributed by atoms with Gasteiger partial charge in [-0.15, -0.1) is 0 Å². The average Bonchev–Trinajstić information content (AvgIpc) is 2.17. The molecule has 1 unspecified atom stereocenters. The van der Waals surface area contributed by atoms with Crippen molar-refractivity contribution in [2.24, 2.45) is 0 Å². The average molecular weight is 179 g/mol. The lowest BCUT2D eigenvalue weighted by Crippen LogP contribution is -2.16. The smallest absolute Gasteiger partial charge is 0.122 e. The van der Waals surface area contributed by atoms with E-state index in [9.17, 15) is 0 Å². The Balaban J connectivity index is 2.41. The molecule has 2 rings (SSSR count). The highest BCUT2D eigenvalue weighted by molar-refractivity contribution is 5.50. The normalized spacial score (nSPS) is 20.5. The molecule has 0 amide bonds. The number of anilines is 1. The second kappa shape index (κ2) is 3.26. The molecule has 0 bridgehead atoms. The number of hydrogen-bond donors (Lipinski definition) is 2. The van der Waals surface area contributed by atoms with Gasteiger partial charge in [0.1, 0.15) is 5.75 Å². The van der Waals surface area contributed by atoms with E-state index in [4.69, 9.17) is 15.6 Å². The Bertz CT molecular complexity index is 312. The van der Waals surface area contributed by atoms with Crippen LogP contribution in [0.4, 0.5) is 5.69 Å². The van der Waals surface area contributed by atoms with Crippen LogP contribution in [0, 0.1) is 0 Å². The summed E-state index contributed by atoms with van der Waals surface area (Å²) >= 11 is 0. The first-order valence-electron chi connectivity index (χ1n) is 4.44. The summed E-state index contributed by atoms with van der Waals surface area (Å²) < 4.78 is 5.44. The number of hydrogen-bond acceptors (Lipinski definition) is 3. The molecule has 3 nitrogen and oxygen atoms in total. The number of nitrogens with two attached hydrogens (primary N) is 1. The SMILES string of the molecule is Nc1ccc2c(c1)C(CO)CCO2. The third-order valence-electron chi connectivity index (χ3n) is 2.42. The maximum absolute atomic E-state index is 9.13. The zero-order chi connectivity index (χ0) is 9.26. The summed E-state index contributed by atoms with van der Waals surface area (Å²) in [5.74, 6) is 1.05. The van der Waals surface area contributed by atoms with E-state index >= 15 is 0 Å². The van der Waals surface area contributed by atoms with Crippen LogP contribution in [0.5, 0.6) is 5.75 Å². The highest BCUT2D eigenvalue weighted by atomic mass is 16.5. The Kier molecular flexibility index (Phi) is 2.10. The first kappa shape index (κ1) is 8.38. The quantitative estimate of drug-likeness (QED) is 0.635. The molecule has 0 fully saturated rings. The number of nitrogen functional groups attached to an aromatic ring is 1. The van der Waals surface area contributed by atoms with Gasteiger partial charge in [-0.2, -0.15) is 0 Å². The van der Waals surface area contributed by atoms with Gasteiger partial charge in [-0.05, 0) is 24.6 Å². The van der Waals surface area contributed by atoms with Crippen LogP contribution in [0.3, 0.4) is 0 Å². The Morgan fingerprint density at radius 1 is 1.54 bits per heavy atom. The van der Waals surface area contributed by atoms with Crippen LogP contribution in [0.2, 0.25) is 0 Å². The maximum atomic E-state index is 9.13. The van der Waals surface area contributed by atoms with Gasteiger partial charge in [0.25, 0.3) is 0 Å². The minimum Gasteiger partial charge on any atom is -0.493 e. The van der Waals surface area contributed by atoms with Gasteiger partial charge in [0.15, 0.2) is 0 Å². The lowest BCUT2D eigenvalue weighted by Gasteiger charge is -2.24. The van der Waals surface area contributed by atoms with Crippen LogP contribution in [0.1, 0.15) is 17.9 Å². The molecule has 0 aromatic heterocycles. The molecule has 1 atom stereocenters. The van der Waals surface area contributed by atoms with Gasteiger partial charge in [-0.1, -0.05) is 0 Å². The van der Waals surface area contributed by atoms with E-state index in [0.717, 1.165) is 23.4 Å². The van der Waals surface area contributed by atoms with Crippen LogP contribution in [0.25, 0.3) is 0 Å². The molecular weight excluding hydrogens is 166 g/mol. The number of aliphatic hydroxyl groups excluding tert-OH is 1. The number of rotatable bonds is 1. The third-order valence-corrected chi connectivity index (χ3v) is 2.42. The summed E-state index contributed by atoms with van der Waals surface area (Å²) in [5.41, 5.74) is 7.42. The van der Waals surface area contributed by atoms with Crippen molar-refractivity contribution in [1.29, 1.82) is 0 Å². The van der Waals surface area contributed by atoms with E-state index in [2.05, 4.69) is 0 Å². The summed E-state index contributed by atoms with van der Waals surface area (Å²) in [6.45, 7) is 0.849. The third kappa shape index (κ3) is 1.47. The molecule has 1 aliphatic heterocycles. The number of benzene rings is 1. The monoisotopic (exact) mass is 179 g/mol. The molecule has 1 heterocycles. The first-order chi connectivity index (χ1) is 6.31. The van der Waals surface area contributed by atoms with Gasteiger partial charge in [0.05, 0.1) is 13.2 Å². The van der Waals surface area contributed by atoms with Crippen molar-refractivity contribution in [3.05, 3.63) is 23.8 Å². The summed E-state index contributed by atoms with van der Waals surface area (Å²) in [7, 11) is 0. The van der Waals surface area contributed by atoms with Crippen LogP contribution in [0.15, 0.2) is 18.2 Å². The van der Waals surface area contributed by atoms with Crippen LogP contribution in [-0.2, 0) is 0 Å². The predicted molar refractivity (Wildman–Crippen MR) is 50.8 cm³/mol. The molecule has 1 aromatic rings. The Hall–Kier alpha value is -1.22. The van der Waals surface area contributed by atoms with Crippen molar-refractivity contribution >= 4 is 5.69 Å². The van der Waals surface area contributed by atoms with E-state index in [0.29, 0.717) is 6.61 Å². The Labute approximate surface area is 77.1 Å². The fourth-order valence-electron chi connectivity index (χ4n) is 1.67. The fraction of sp³-hybridized carbons (Fsp3) is 0.400. The second-order valence-electron chi connectivity index (χ2n) is 3.31. The molecule has 70 valence electrons. The second-order valence-corrected chi connectivity index (χ2v) is 3.31. The van der Waals surface area contributed by atoms with E-state index in [-0.39, 0.29) is 12.5 Å². The molecule has 1 aromatic carbocycles. The molecule has 0 radical (unpaired) electrons. The van der Waals surface area contributed by atoms with Gasteiger partial charge in [-0.3, -0.25) is 0 Å². The van der Waals surface area contributed by atoms with Crippen molar-refractivity contribution < 1.29 is 9.84 Å². The van der Waals surface area contributed by atoms with Crippen molar-refractivity contribution in [3.8, 4) is 5.75 Å². The van der Waals surface area contributed by atoms with Gasteiger partial charge in [-0.25, -0.2) is 0 Å². The molecule has 0 saturated carbocycles. The zero-order valence-electron chi connectivity index (χ0n) is 7.36. The summed E-state index contributed by atoms with van der Waals surface area (Å²) in [5, 5.41) is 9.13. The summed E-state index contributed by atoms with van der Waals surface area (Å²) in [4.78, 5) is 0. The highest BCUT2D eigenvalue weighted by Gasteiger charge is 2.20. The largest absolute Gasteiger partial charge is 0.493 e. The minimum atomic E-state index is 0.166. The molecule has 3 heteroatoms. The van der Waals surface area contributed by atoms with Gasteiger partial charge >= 0.3 is 0 Å². The minimum absolute atomic E-state index is 0.166. The zero-order valence-corrected chi connectivity index (χ0v) is 7.36. The maximum Gasteiger partial charge on any atom is 0.122 e. The molecule has 0 aliphatic carbocycles. The molecule has 3 N–H and O–H groups in total. The predicted octanol–water partition coefficient (Wildman–Crippen LogP) is 1.13. The van der Waals surface area contributed by atoms with E-state index in [1.54, 1.807) is 0 Å². The highest BCUT2D eigenvalue weighted by Crippen LogP contribution is 2.34. The van der Waals surface area contributed by atoms with Crippen molar-refractivity contribution in [2.75, 3.05) is 18.9 Å². The molecule has 0 spiro atoms. The van der Waals surface area contributed by atoms with Crippen molar-refractivity contribution in [1.82, 2.24) is 0 Å². The van der Waals surface area contributed by atoms with Crippen LogP contribution < -0.4 is 10.5 Å². The summed E-state index contributed by atoms with van der Waals surface area (Å²) in [6, 6.07) is 5.57. The molecular formula is C10H13NO2. The van der Waals surface area contributed by atoms with Gasteiger partial charge in [0, 0.05) is 17.2 Å². The van der Waals surface area contributed by atoms with Crippen molar-refractivity contribution in [3.63, 3.8) is 0 Å². The fourth-order valence-corrected chi connectivity index (χ4v) is 1.67. The van der Waals surface area contributed by atoms with Gasteiger partial charge < -0.3 is 15.6 Å². The van der Waals surface area contributed by atoms with Gasteiger partial charge in [0.2, 0.25) is 0 Å². The number of aliphatic hydroxyl groups is 1. The standard InChI is InChI=1S/C10H13NO2/c11-8-1-2-10-9(5-8)7(6-12)3-4-13-10/h1-2,5,7,12H,3-4,6,11H2. The lowest BCUT2D eigenvalue weighted by molar-refractivity contribution is 0.205. The van der Waals surface area contributed by atoms with Crippen LogP contribution in [-0.4, -0.2) is 18.3 Å². The molecule has 0 saturated heterocycles. The molecule has 1 aliphatic rings.